The standard InChI is InChI=1S/C10H22N2O2/c1-7(6-13)12-8(14)9(2,3)10(4,5)11/h7,13H,6,11H2,1-5H3,(H,12,14). The molecular formula is C10H22N2O2. The minimum atomic E-state index is -0.656. The highest BCUT2D eigenvalue weighted by Gasteiger charge is 2.40. The van der Waals surface area contributed by atoms with E-state index >= 15 is 0 Å². The lowest BCUT2D eigenvalue weighted by molar-refractivity contribution is -0.133. The van der Waals surface area contributed by atoms with Gasteiger partial charge >= 0.3 is 0 Å². The first-order valence-electron chi connectivity index (χ1n) is 4.83. The molecule has 0 aliphatic rings. The number of carbonyl (C=O) groups excluding carboxylic acids is 1. The summed E-state index contributed by atoms with van der Waals surface area (Å²) in [6, 6.07) is -0.232. The molecule has 1 amide bonds. The van der Waals surface area contributed by atoms with Gasteiger partial charge in [-0.15, -0.1) is 0 Å². The normalized spacial score (nSPS) is 15.1. The van der Waals surface area contributed by atoms with Gasteiger partial charge in [0, 0.05) is 11.6 Å². The minimum absolute atomic E-state index is 0.0627. The van der Waals surface area contributed by atoms with Crippen LogP contribution in [0.3, 0.4) is 0 Å². The van der Waals surface area contributed by atoms with Crippen LogP contribution in [0.4, 0.5) is 0 Å². The van der Waals surface area contributed by atoms with Crippen molar-refractivity contribution in [3.8, 4) is 0 Å². The number of rotatable bonds is 4. The van der Waals surface area contributed by atoms with Crippen LogP contribution >= 0.6 is 0 Å². The number of nitrogens with two attached hydrogens (primary N) is 1. The van der Waals surface area contributed by atoms with Gasteiger partial charge in [-0.25, -0.2) is 0 Å². The molecule has 1 unspecified atom stereocenters. The maximum absolute atomic E-state index is 11.8. The Labute approximate surface area is 85.9 Å². The number of carbonyl (C=O) groups is 1. The van der Waals surface area contributed by atoms with Gasteiger partial charge in [0.15, 0.2) is 0 Å². The second kappa shape index (κ2) is 4.28. The molecule has 4 nitrogen and oxygen atoms in total. The molecule has 0 aromatic carbocycles. The molecule has 84 valence electrons. The van der Waals surface area contributed by atoms with Crippen LogP contribution in [0, 0.1) is 5.41 Å². The zero-order valence-electron chi connectivity index (χ0n) is 9.72. The maximum atomic E-state index is 11.8. The Kier molecular flexibility index (Phi) is 4.09. The molecule has 0 spiro atoms. The fourth-order valence-corrected chi connectivity index (χ4v) is 0.742. The molecule has 0 aliphatic carbocycles. The van der Waals surface area contributed by atoms with Gasteiger partial charge in [0.05, 0.1) is 12.0 Å². The number of aliphatic hydroxyl groups excluding tert-OH is 1. The van der Waals surface area contributed by atoms with Gasteiger partial charge in [-0.3, -0.25) is 4.79 Å². The molecule has 0 saturated heterocycles. The molecule has 0 rings (SSSR count). The van der Waals surface area contributed by atoms with Crippen molar-refractivity contribution in [2.45, 2.75) is 46.2 Å². The molecule has 0 aromatic rings. The van der Waals surface area contributed by atoms with E-state index in [9.17, 15) is 4.79 Å². The number of hydrogen-bond donors (Lipinski definition) is 3. The van der Waals surface area contributed by atoms with Crippen molar-refractivity contribution in [1.29, 1.82) is 0 Å². The molecule has 0 aromatic heterocycles. The van der Waals surface area contributed by atoms with E-state index in [4.69, 9.17) is 10.8 Å². The summed E-state index contributed by atoms with van der Waals surface area (Å²) in [5.41, 5.74) is 4.66. The van der Waals surface area contributed by atoms with Gasteiger partial charge < -0.3 is 16.2 Å². The maximum Gasteiger partial charge on any atom is 0.227 e. The SMILES string of the molecule is CC(CO)NC(=O)C(C)(C)C(C)(C)N. The number of aliphatic hydroxyl groups is 1. The van der Waals surface area contributed by atoms with E-state index in [1.54, 1.807) is 20.8 Å². The van der Waals surface area contributed by atoms with E-state index < -0.39 is 11.0 Å². The van der Waals surface area contributed by atoms with Crippen LogP contribution in [0.2, 0.25) is 0 Å². The Morgan fingerprint density at radius 3 is 2.14 bits per heavy atom. The van der Waals surface area contributed by atoms with E-state index in [2.05, 4.69) is 5.32 Å². The summed E-state index contributed by atoms with van der Waals surface area (Å²) in [4.78, 5) is 11.8. The predicted octanol–water partition coefficient (Wildman–Crippen LogP) is 0.247. The van der Waals surface area contributed by atoms with Gasteiger partial charge in [-0.2, -0.15) is 0 Å². The monoisotopic (exact) mass is 202 g/mol. The number of nitrogens with one attached hydrogen (secondary N) is 1. The van der Waals surface area contributed by atoms with Crippen molar-refractivity contribution in [1.82, 2.24) is 5.32 Å². The first kappa shape index (κ1) is 13.4. The summed E-state index contributed by atoms with van der Waals surface area (Å²) in [5, 5.41) is 11.5. The van der Waals surface area contributed by atoms with Crippen LogP contribution in [0.25, 0.3) is 0 Å². The Morgan fingerprint density at radius 1 is 1.43 bits per heavy atom. The quantitative estimate of drug-likeness (QED) is 0.611. The van der Waals surface area contributed by atoms with Crippen molar-refractivity contribution in [2.24, 2.45) is 11.1 Å². The topological polar surface area (TPSA) is 75.3 Å². The van der Waals surface area contributed by atoms with Crippen molar-refractivity contribution < 1.29 is 9.90 Å². The van der Waals surface area contributed by atoms with Crippen LogP contribution < -0.4 is 11.1 Å². The summed E-state index contributed by atoms with van der Waals surface area (Å²) >= 11 is 0. The van der Waals surface area contributed by atoms with Crippen molar-refractivity contribution in [3.63, 3.8) is 0 Å². The average molecular weight is 202 g/mol. The highest BCUT2D eigenvalue weighted by Crippen LogP contribution is 2.28. The van der Waals surface area contributed by atoms with Gasteiger partial charge in [-0.05, 0) is 34.6 Å². The lowest BCUT2D eigenvalue weighted by Crippen LogP contribution is -2.57. The van der Waals surface area contributed by atoms with Gasteiger partial charge in [0.1, 0.15) is 0 Å². The van der Waals surface area contributed by atoms with Gasteiger partial charge in [-0.1, -0.05) is 0 Å². The van der Waals surface area contributed by atoms with Crippen LogP contribution in [0.15, 0.2) is 0 Å². The molecule has 0 aliphatic heterocycles. The number of amides is 1. The number of hydrogen-bond acceptors (Lipinski definition) is 3. The molecule has 0 radical (unpaired) electrons. The second-order valence-corrected chi connectivity index (χ2v) is 4.90. The van der Waals surface area contributed by atoms with E-state index in [1.807, 2.05) is 13.8 Å². The molecular weight excluding hydrogens is 180 g/mol. The Balaban J connectivity index is 4.53. The molecule has 0 saturated carbocycles. The van der Waals surface area contributed by atoms with Crippen LogP contribution in [-0.2, 0) is 4.79 Å². The summed E-state index contributed by atoms with van der Waals surface area (Å²) < 4.78 is 0. The van der Waals surface area contributed by atoms with Crippen LogP contribution in [0.1, 0.15) is 34.6 Å². The van der Waals surface area contributed by atoms with E-state index in [1.165, 1.54) is 0 Å². The Morgan fingerprint density at radius 2 is 1.86 bits per heavy atom. The molecule has 0 fully saturated rings. The zero-order chi connectivity index (χ0) is 11.6. The molecule has 1 atom stereocenters. The van der Waals surface area contributed by atoms with Crippen LogP contribution in [-0.4, -0.2) is 29.2 Å². The first-order chi connectivity index (χ1) is 6.13. The Bertz CT molecular complexity index is 207. The van der Waals surface area contributed by atoms with Crippen molar-refractivity contribution in [3.05, 3.63) is 0 Å². The first-order valence-corrected chi connectivity index (χ1v) is 4.83. The molecule has 14 heavy (non-hydrogen) atoms. The van der Waals surface area contributed by atoms with E-state index in [-0.39, 0.29) is 18.6 Å². The third kappa shape index (κ3) is 2.96. The Hall–Kier alpha value is -0.610. The van der Waals surface area contributed by atoms with Gasteiger partial charge in [0.2, 0.25) is 5.91 Å². The summed E-state index contributed by atoms with van der Waals surface area (Å²) in [5.74, 6) is -0.133. The molecule has 4 heteroatoms. The van der Waals surface area contributed by atoms with E-state index in [0.29, 0.717) is 0 Å². The predicted molar refractivity (Wildman–Crippen MR) is 56.7 cm³/mol. The lowest BCUT2D eigenvalue weighted by Gasteiger charge is -2.37. The van der Waals surface area contributed by atoms with Crippen molar-refractivity contribution in [2.75, 3.05) is 6.61 Å². The lowest BCUT2D eigenvalue weighted by atomic mass is 9.74. The smallest absolute Gasteiger partial charge is 0.227 e. The van der Waals surface area contributed by atoms with E-state index in [0.717, 1.165) is 0 Å². The fourth-order valence-electron chi connectivity index (χ4n) is 0.742. The average Bonchev–Trinajstić information content (AvgIpc) is 2.01. The second-order valence-electron chi connectivity index (χ2n) is 4.90. The molecule has 0 bridgehead atoms. The third-order valence-electron chi connectivity index (χ3n) is 2.83. The zero-order valence-corrected chi connectivity index (χ0v) is 9.72. The fraction of sp³-hybridized carbons (Fsp3) is 0.900. The highest BCUT2D eigenvalue weighted by atomic mass is 16.3. The minimum Gasteiger partial charge on any atom is -0.394 e. The molecule has 0 heterocycles. The summed E-state index contributed by atoms with van der Waals surface area (Å²) in [6.45, 7) is 8.91. The largest absolute Gasteiger partial charge is 0.394 e. The third-order valence-corrected chi connectivity index (χ3v) is 2.83. The van der Waals surface area contributed by atoms with Crippen LogP contribution in [0.5, 0.6) is 0 Å². The van der Waals surface area contributed by atoms with Crippen molar-refractivity contribution >= 4 is 5.91 Å². The summed E-state index contributed by atoms with van der Waals surface area (Å²) in [6.07, 6.45) is 0. The highest BCUT2D eigenvalue weighted by molar-refractivity contribution is 5.83. The molecule has 4 N–H and O–H groups in total. The summed E-state index contributed by atoms with van der Waals surface area (Å²) in [7, 11) is 0. The van der Waals surface area contributed by atoms with Gasteiger partial charge in [0.25, 0.3) is 0 Å².